The Morgan fingerprint density at radius 1 is 1.76 bits per heavy atom. The average molecular weight is 254 g/mol. The molecular formula is C10H14N4O2S. The van der Waals surface area contributed by atoms with Crippen LogP contribution in [0.2, 0.25) is 0 Å². The second kappa shape index (κ2) is 4.82. The van der Waals surface area contributed by atoms with Crippen LogP contribution in [0.25, 0.3) is 4.96 Å². The van der Waals surface area contributed by atoms with Crippen molar-refractivity contribution < 1.29 is 9.90 Å². The molecule has 0 aromatic carbocycles. The summed E-state index contributed by atoms with van der Waals surface area (Å²) in [5.74, 6) is -0.719. The summed E-state index contributed by atoms with van der Waals surface area (Å²) in [7, 11) is 0. The number of carbonyl (C=O) groups excluding carboxylic acids is 1. The molecule has 7 heteroatoms. The molecule has 0 aliphatic carbocycles. The Hall–Kier alpha value is -1.44. The van der Waals surface area contributed by atoms with E-state index in [4.69, 9.17) is 5.73 Å². The summed E-state index contributed by atoms with van der Waals surface area (Å²) in [6.45, 7) is 2.61. The molecule has 17 heavy (non-hydrogen) atoms. The highest BCUT2D eigenvalue weighted by molar-refractivity contribution is 7.15. The molecule has 1 atom stereocenters. The number of thiazole rings is 1. The highest BCUT2D eigenvalue weighted by Gasteiger charge is 2.12. The highest BCUT2D eigenvalue weighted by Crippen LogP contribution is 2.16. The molecule has 4 N–H and O–H groups in total. The van der Waals surface area contributed by atoms with Crippen LogP contribution >= 0.6 is 11.3 Å². The topological polar surface area (TPSA) is 92.7 Å². The Morgan fingerprint density at radius 2 is 2.53 bits per heavy atom. The molecule has 0 saturated carbocycles. The van der Waals surface area contributed by atoms with Crippen molar-refractivity contribution >= 4 is 22.2 Å². The summed E-state index contributed by atoms with van der Waals surface area (Å²) < 4.78 is 1.99. The Morgan fingerprint density at radius 3 is 3.24 bits per heavy atom. The number of hydrogen-bond acceptors (Lipinski definition) is 5. The minimum atomic E-state index is -1.15. The summed E-state index contributed by atoms with van der Waals surface area (Å²) in [6.07, 6.45) is 0.794. The summed E-state index contributed by atoms with van der Waals surface area (Å²) >= 11 is 1.57. The maximum Gasteiger partial charge on any atom is 0.247 e. The lowest BCUT2D eigenvalue weighted by atomic mass is 10.3. The normalized spacial score (nSPS) is 13.1. The van der Waals surface area contributed by atoms with Crippen molar-refractivity contribution in [2.45, 2.75) is 19.6 Å². The van der Waals surface area contributed by atoms with Crippen LogP contribution in [0.3, 0.4) is 0 Å². The second-order valence-corrected chi connectivity index (χ2v) is 4.62. The van der Waals surface area contributed by atoms with Gasteiger partial charge in [0.1, 0.15) is 6.10 Å². The van der Waals surface area contributed by atoms with Gasteiger partial charge in [0.2, 0.25) is 5.91 Å². The summed E-state index contributed by atoms with van der Waals surface area (Å²) in [4.78, 5) is 16.0. The predicted octanol–water partition coefficient (Wildman–Crippen LogP) is -0.360. The standard InChI is InChI=1S/C10H14N4O2S/c1-6-7(4-12-5-8(15)9(11)16)14-2-3-17-10(14)13-6/h2-3,8,12,15H,4-5H2,1H3,(H2,11,16). The Bertz CT molecular complexity index is 533. The van der Waals surface area contributed by atoms with E-state index >= 15 is 0 Å². The molecule has 0 aliphatic heterocycles. The third-order valence-electron chi connectivity index (χ3n) is 2.52. The van der Waals surface area contributed by atoms with Crippen LogP contribution in [0.5, 0.6) is 0 Å². The quantitative estimate of drug-likeness (QED) is 0.679. The minimum absolute atomic E-state index is 0.145. The van der Waals surface area contributed by atoms with Gasteiger partial charge < -0.3 is 16.2 Å². The summed E-state index contributed by atoms with van der Waals surface area (Å²) in [5, 5.41) is 14.2. The number of primary amides is 1. The first-order valence-corrected chi connectivity index (χ1v) is 6.06. The van der Waals surface area contributed by atoms with Gasteiger partial charge in [-0.05, 0) is 6.92 Å². The number of aliphatic hydroxyl groups excluding tert-OH is 1. The number of carbonyl (C=O) groups is 1. The fourth-order valence-electron chi connectivity index (χ4n) is 1.58. The van der Waals surface area contributed by atoms with Crippen LogP contribution in [0.15, 0.2) is 11.6 Å². The molecule has 1 amide bonds. The zero-order chi connectivity index (χ0) is 12.4. The van der Waals surface area contributed by atoms with E-state index in [-0.39, 0.29) is 6.54 Å². The van der Waals surface area contributed by atoms with E-state index in [0.717, 1.165) is 16.3 Å². The average Bonchev–Trinajstić information content (AvgIpc) is 2.80. The zero-order valence-electron chi connectivity index (χ0n) is 9.38. The van der Waals surface area contributed by atoms with Gasteiger partial charge in [-0.2, -0.15) is 0 Å². The van der Waals surface area contributed by atoms with Gasteiger partial charge in [-0.1, -0.05) is 0 Å². The zero-order valence-corrected chi connectivity index (χ0v) is 10.2. The molecule has 2 aromatic heterocycles. The number of aromatic nitrogens is 2. The molecule has 0 saturated heterocycles. The number of fused-ring (bicyclic) bond motifs is 1. The number of imidazole rings is 1. The monoisotopic (exact) mass is 254 g/mol. The smallest absolute Gasteiger partial charge is 0.247 e. The molecule has 2 rings (SSSR count). The molecule has 0 aliphatic rings. The Kier molecular flexibility index (Phi) is 3.41. The van der Waals surface area contributed by atoms with Gasteiger partial charge in [0.25, 0.3) is 0 Å². The van der Waals surface area contributed by atoms with Crippen LogP contribution in [-0.2, 0) is 11.3 Å². The number of aliphatic hydroxyl groups is 1. The lowest BCUT2D eigenvalue weighted by Crippen LogP contribution is -2.37. The number of aryl methyl sites for hydroxylation is 1. The van der Waals surface area contributed by atoms with E-state index in [0.29, 0.717) is 6.54 Å². The van der Waals surface area contributed by atoms with E-state index in [1.54, 1.807) is 11.3 Å². The molecule has 0 spiro atoms. The van der Waals surface area contributed by atoms with Gasteiger partial charge in [0.05, 0.1) is 11.4 Å². The number of amides is 1. The highest BCUT2D eigenvalue weighted by atomic mass is 32.1. The van der Waals surface area contributed by atoms with Crippen LogP contribution in [0.1, 0.15) is 11.4 Å². The largest absolute Gasteiger partial charge is 0.382 e. The number of rotatable bonds is 5. The van der Waals surface area contributed by atoms with Gasteiger partial charge in [-0.3, -0.25) is 9.20 Å². The molecular weight excluding hydrogens is 240 g/mol. The first-order chi connectivity index (χ1) is 8.09. The van der Waals surface area contributed by atoms with Crippen molar-refractivity contribution in [2.24, 2.45) is 5.73 Å². The molecule has 6 nitrogen and oxygen atoms in total. The third-order valence-corrected chi connectivity index (χ3v) is 3.28. The Balaban J connectivity index is 2.01. The molecule has 0 fully saturated rings. The van der Waals surface area contributed by atoms with Crippen molar-refractivity contribution in [1.29, 1.82) is 0 Å². The van der Waals surface area contributed by atoms with Crippen molar-refractivity contribution in [3.8, 4) is 0 Å². The van der Waals surface area contributed by atoms with Gasteiger partial charge in [0.15, 0.2) is 4.96 Å². The van der Waals surface area contributed by atoms with Gasteiger partial charge in [-0.25, -0.2) is 4.98 Å². The van der Waals surface area contributed by atoms with E-state index in [9.17, 15) is 9.90 Å². The van der Waals surface area contributed by atoms with Crippen molar-refractivity contribution in [3.05, 3.63) is 23.0 Å². The molecule has 2 heterocycles. The van der Waals surface area contributed by atoms with Gasteiger partial charge in [0, 0.05) is 24.7 Å². The number of nitrogens with zero attached hydrogens (tertiary/aromatic N) is 2. The van der Waals surface area contributed by atoms with Crippen LogP contribution in [0, 0.1) is 6.92 Å². The van der Waals surface area contributed by atoms with Crippen LogP contribution in [-0.4, -0.2) is 33.0 Å². The maximum atomic E-state index is 10.6. The number of nitrogens with one attached hydrogen (secondary N) is 1. The number of nitrogens with two attached hydrogens (primary N) is 1. The molecule has 92 valence electrons. The summed E-state index contributed by atoms with van der Waals surface area (Å²) in [6, 6.07) is 0. The van der Waals surface area contributed by atoms with Crippen LogP contribution < -0.4 is 11.1 Å². The molecule has 0 bridgehead atoms. The third kappa shape index (κ3) is 2.46. The predicted molar refractivity (Wildman–Crippen MR) is 64.7 cm³/mol. The fourth-order valence-corrected chi connectivity index (χ4v) is 2.36. The first kappa shape index (κ1) is 12.0. The maximum absolute atomic E-state index is 10.6. The molecule has 2 aromatic rings. The molecule has 1 unspecified atom stereocenters. The first-order valence-electron chi connectivity index (χ1n) is 5.18. The van der Waals surface area contributed by atoms with E-state index in [1.165, 1.54) is 0 Å². The van der Waals surface area contributed by atoms with E-state index < -0.39 is 12.0 Å². The second-order valence-electron chi connectivity index (χ2n) is 3.75. The minimum Gasteiger partial charge on any atom is -0.382 e. The van der Waals surface area contributed by atoms with Crippen molar-refractivity contribution in [1.82, 2.24) is 14.7 Å². The fraction of sp³-hybridized carbons (Fsp3) is 0.400. The molecule has 0 radical (unpaired) electrons. The van der Waals surface area contributed by atoms with Gasteiger partial charge in [-0.15, -0.1) is 11.3 Å². The lowest BCUT2D eigenvalue weighted by Gasteiger charge is -2.08. The van der Waals surface area contributed by atoms with E-state index in [1.807, 2.05) is 22.9 Å². The summed E-state index contributed by atoms with van der Waals surface area (Å²) in [5.41, 5.74) is 6.92. The number of hydrogen-bond donors (Lipinski definition) is 3. The Labute approximate surface area is 102 Å². The van der Waals surface area contributed by atoms with Gasteiger partial charge >= 0.3 is 0 Å². The SMILES string of the molecule is Cc1nc2sccn2c1CNCC(O)C(N)=O. The van der Waals surface area contributed by atoms with Crippen LogP contribution in [0.4, 0.5) is 0 Å². The lowest BCUT2D eigenvalue weighted by molar-refractivity contribution is -0.125. The van der Waals surface area contributed by atoms with E-state index in [2.05, 4.69) is 10.3 Å². The van der Waals surface area contributed by atoms with Crippen molar-refractivity contribution in [2.75, 3.05) is 6.54 Å². The van der Waals surface area contributed by atoms with Crippen molar-refractivity contribution in [3.63, 3.8) is 0 Å².